The summed E-state index contributed by atoms with van der Waals surface area (Å²) in [6.07, 6.45) is 0.886. The molecule has 16 heavy (non-hydrogen) atoms. The Kier molecular flexibility index (Phi) is 5.08. The molecule has 1 rings (SSSR count). The van der Waals surface area contributed by atoms with Crippen molar-refractivity contribution >= 4 is 0 Å². The summed E-state index contributed by atoms with van der Waals surface area (Å²) in [5.74, 6) is 0.692. The maximum Gasteiger partial charge on any atom is 0.160 e. The SMILES string of the molecule is COc1cc(CC(C)NCCN)ccc1O. The Morgan fingerprint density at radius 3 is 2.88 bits per heavy atom. The highest BCUT2D eigenvalue weighted by molar-refractivity contribution is 5.41. The average molecular weight is 224 g/mol. The summed E-state index contributed by atoms with van der Waals surface area (Å²) in [5, 5.41) is 12.8. The molecule has 0 aliphatic rings. The van der Waals surface area contributed by atoms with Gasteiger partial charge in [-0.2, -0.15) is 0 Å². The predicted molar refractivity (Wildman–Crippen MR) is 64.9 cm³/mol. The molecule has 0 aromatic heterocycles. The van der Waals surface area contributed by atoms with Gasteiger partial charge in [-0.05, 0) is 31.0 Å². The van der Waals surface area contributed by atoms with E-state index in [1.807, 2.05) is 12.1 Å². The van der Waals surface area contributed by atoms with Crippen molar-refractivity contribution in [2.45, 2.75) is 19.4 Å². The number of hydrogen-bond donors (Lipinski definition) is 3. The number of hydrogen-bond acceptors (Lipinski definition) is 4. The third-order valence-electron chi connectivity index (χ3n) is 2.42. The maximum atomic E-state index is 9.45. The van der Waals surface area contributed by atoms with E-state index in [9.17, 15) is 5.11 Å². The van der Waals surface area contributed by atoms with E-state index in [1.54, 1.807) is 13.2 Å². The first-order chi connectivity index (χ1) is 7.67. The molecule has 4 N–H and O–H groups in total. The number of methoxy groups -OCH3 is 1. The van der Waals surface area contributed by atoms with Crippen molar-refractivity contribution in [2.24, 2.45) is 5.73 Å². The van der Waals surface area contributed by atoms with E-state index in [0.717, 1.165) is 18.5 Å². The maximum absolute atomic E-state index is 9.45. The molecule has 0 saturated heterocycles. The van der Waals surface area contributed by atoms with Gasteiger partial charge in [-0.15, -0.1) is 0 Å². The molecule has 0 aliphatic heterocycles. The minimum absolute atomic E-state index is 0.175. The topological polar surface area (TPSA) is 67.5 Å². The first kappa shape index (κ1) is 12.8. The fraction of sp³-hybridized carbons (Fsp3) is 0.500. The molecule has 4 nitrogen and oxygen atoms in total. The monoisotopic (exact) mass is 224 g/mol. The predicted octanol–water partition coefficient (Wildman–Crippen LogP) is 0.880. The molecule has 90 valence electrons. The molecule has 0 radical (unpaired) electrons. The third-order valence-corrected chi connectivity index (χ3v) is 2.42. The molecule has 1 atom stereocenters. The van der Waals surface area contributed by atoms with Gasteiger partial charge in [-0.1, -0.05) is 6.07 Å². The van der Waals surface area contributed by atoms with Gasteiger partial charge < -0.3 is 20.9 Å². The van der Waals surface area contributed by atoms with Gasteiger partial charge in [0.15, 0.2) is 11.5 Å². The van der Waals surface area contributed by atoms with E-state index in [0.29, 0.717) is 18.3 Å². The number of rotatable bonds is 6. The van der Waals surface area contributed by atoms with Crippen LogP contribution in [0.2, 0.25) is 0 Å². The molecule has 1 unspecified atom stereocenters. The van der Waals surface area contributed by atoms with Crippen LogP contribution in [0.25, 0.3) is 0 Å². The van der Waals surface area contributed by atoms with Crippen molar-refractivity contribution in [1.82, 2.24) is 5.32 Å². The summed E-state index contributed by atoms with van der Waals surface area (Å²) in [6, 6.07) is 5.77. The van der Waals surface area contributed by atoms with Gasteiger partial charge >= 0.3 is 0 Å². The first-order valence-electron chi connectivity index (χ1n) is 5.46. The quantitative estimate of drug-likeness (QED) is 0.671. The van der Waals surface area contributed by atoms with E-state index in [-0.39, 0.29) is 5.75 Å². The number of phenols is 1. The van der Waals surface area contributed by atoms with Crippen LogP contribution in [0.4, 0.5) is 0 Å². The molecule has 0 spiro atoms. The Bertz CT molecular complexity index is 329. The summed E-state index contributed by atoms with van der Waals surface area (Å²) < 4.78 is 5.06. The van der Waals surface area contributed by atoms with Crippen LogP contribution >= 0.6 is 0 Å². The van der Waals surface area contributed by atoms with Crippen LogP contribution in [0.15, 0.2) is 18.2 Å². The first-order valence-corrected chi connectivity index (χ1v) is 5.46. The molecule has 0 saturated carbocycles. The van der Waals surface area contributed by atoms with Crippen molar-refractivity contribution in [3.8, 4) is 11.5 Å². The fourth-order valence-corrected chi connectivity index (χ4v) is 1.60. The lowest BCUT2D eigenvalue weighted by molar-refractivity contribution is 0.372. The standard InChI is InChI=1S/C12H20N2O2/c1-9(14-6-5-13)7-10-3-4-11(15)12(8-10)16-2/h3-4,8-9,14-15H,5-7,13H2,1-2H3. The highest BCUT2D eigenvalue weighted by Crippen LogP contribution is 2.26. The Hall–Kier alpha value is -1.26. The summed E-state index contributed by atoms with van der Waals surface area (Å²) in [7, 11) is 1.55. The number of nitrogens with two attached hydrogens (primary N) is 1. The van der Waals surface area contributed by atoms with Crippen LogP contribution in [-0.2, 0) is 6.42 Å². The zero-order chi connectivity index (χ0) is 12.0. The average Bonchev–Trinajstić information content (AvgIpc) is 2.29. The van der Waals surface area contributed by atoms with Crippen molar-refractivity contribution in [3.05, 3.63) is 23.8 Å². The van der Waals surface area contributed by atoms with Crippen LogP contribution < -0.4 is 15.8 Å². The second-order valence-electron chi connectivity index (χ2n) is 3.85. The minimum Gasteiger partial charge on any atom is -0.504 e. The lowest BCUT2D eigenvalue weighted by atomic mass is 10.1. The smallest absolute Gasteiger partial charge is 0.160 e. The Labute approximate surface area is 96.4 Å². The molecule has 0 amide bonds. The zero-order valence-electron chi connectivity index (χ0n) is 9.86. The van der Waals surface area contributed by atoms with Crippen LogP contribution in [-0.4, -0.2) is 31.3 Å². The van der Waals surface area contributed by atoms with Gasteiger partial charge in [0.25, 0.3) is 0 Å². The molecular formula is C12H20N2O2. The summed E-state index contributed by atoms with van der Waals surface area (Å²) in [5.41, 5.74) is 6.55. The van der Waals surface area contributed by atoms with Gasteiger partial charge in [0.05, 0.1) is 7.11 Å². The molecule has 0 heterocycles. The highest BCUT2D eigenvalue weighted by Gasteiger charge is 2.06. The van der Waals surface area contributed by atoms with E-state index >= 15 is 0 Å². The van der Waals surface area contributed by atoms with Crippen LogP contribution in [0.5, 0.6) is 11.5 Å². The number of ether oxygens (including phenoxy) is 1. The van der Waals surface area contributed by atoms with E-state index in [4.69, 9.17) is 10.5 Å². The molecular weight excluding hydrogens is 204 g/mol. The molecule has 0 fully saturated rings. The van der Waals surface area contributed by atoms with Gasteiger partial charge in [0.2, 0.25) is 0 Å². The van der Waals surface area contributed by atoms with Crippen molar-refractivity contribution in [3.63, 3.8) is 0 Å². The lowest BCUT2D eigenvalue weighted by Crippen LogP contribution is -2.32. The highest BCUT2D eigenvalue weighted by atomic mass is 16.5. The summed E-state index contributed by atoms with van der Waals surface area (Å²) in [4.78, 5) is 0. The zero-order valence-corrected chi connectivity index (χ0v) is 9.86. The Morgan fingerprint density at radius 1 is 1.50 bits per heavy atom. The number of nitrogens with one attached hydrogen (secondary N) is 1. The van der Waals surface area contributed by atoms with Gasteiger partial charge in [0, 0.05) is 19.1 Å². The molecule has 1 aromatic carbocycles. The number of phenolic OH excluding ortho intramolecular Hbond substituents is 1. The second kappa shape index (κ2) is 6.35. The van der Waals surface area contributed by atoms with E-state index < -0.39 is 0 Å². The number of benzene rings is 1. The molecule has 0 bridgehead atoms. The number of aromatic hydroxyl groups is 1. The molecule has 4 heteroatoms. The Morgan fingerprint density at radius 2 is 2.25 bits per heavy atom. The Balaban J connectivity index is 2.59. The largest absolute Gasteiger partial charge is 0.504 e. The van der Waals surface area contributed by atoms with Crippen LogP contribution in [0.1, 0.15) is 12.5 Å². The second-order valence-corrected chi connectivity index (χ2v) is 3.85. The third kappa shape index (κ3) is 3.72. The van der Waals surface area contributed by atoms with E-state index in [1.165, 1.54) is 0 Å². The summed E-state index contributed by atoms with van der Waals surface area (Å²) >= 11 is 0. The molecule has 0 aliphatic carbocycles. The van der Waals surface area contributed by atoms with Crippen LogP contribution in [0, 0.1) is 0 Å². The van der Waals surface area contributed by atoms with Gasteiger partial charge in [-0.3, -0.25) is 0 Å². The summed E-state index contributed by atoms with van der Waals surface area (Å²) in [6.45, 7) is 3.56. The minimum atomic E-state index is 0.175. The van der Waals surface area contributed by atoms with E-state index in [2.05, 4.69) is 12.2 Å². The van der Waals surface area contributed by atoms with Crippen LogP contribution in [0.3, 0.4) is 0 Å². The van der Waals surface area contributed by atoms with Crippen molar-refractivity contribution < 1.29 is 9.84 Å². The molecule has 1 aromatic rings. The van der Waals surface area contributed by atoms with Crippen molar-refractivity contribution in [2.75, 3.05) is 20.2 Å². The van der Waals surface area contributed by atoms with Gasteiger partial charge in [0.1, 0.15) is 0 Å². The fourth-order valence-electron chi connectivity index (χ4n) is 1.60. The lowest BCUT2D eigenvalue weighted by Gasteiger charge is -2.14. The van der Waals surface area contributed by atoms with Crippen molar-refractivity contribution in [1.29, 1.82) is 0 Å². The normalized spacial score (nSPS) is 12.4. The van der Waals surface area contributed by atoms with Gasteiger partial charge in [-0.25, -0.2) is 0 Å².